The number of ether oxygens (including phenoxy) is 1. The summed E-state index contributed by atoms with van der Waals surface area (Å²) in [6.07, 6.45) is 1.49. The van der Waals surface area contributed by atoms with Crippen LogP contribution in [0, 0.1) is 0 Å². The van der Waals surface area contributed by atoms with Crippen molar-refractivity contribution < 1.29 is 14.3 Å². The van der Waals surface area contributed by atoms with Crippen LogP contribution in [-0.4, -0.2) is 25.5 Å². The minimum atomic E-state index is -0.231. The molecule has 1 fully saturated rings. The van der Waals surface area contributed by atoms with Gasteiger partial charge < -0.3 is 15.0 Å². The average molecular weight is 389 g/mol. The van der Waals surface area contributed by atoms with E-state index in [2.05, 4.69) is 21.2 Å². The average Bonchev–Trinajstić information content (AvgIpc) is 3.02. The first-order chi connectivity index (χ1) is 11.6. The van der Waals surface area contributed by atoms with Crippen LogP contribution in [0.4, 0.5) is 11.4 Å². The Hall–Kier alpha value is -2.34. The molecule has 2 amide bonds. The molecule has 0 aliphatic carbocycles. The summed E-state index contributed by atoms with van der Waals surface area (Å²) < 4.78 is 5.85. The first kappa shape index (κ1) is 16.5. The van der Waals surface area contributed by atoms with Gasteiger partial charge >= 0.3 is 0 Å². The molecule has 3 rings (SSSR count). The highest BCUT2D eigenvalue weighted by Crippen LogP contribution is 2.25. The maximum absolute atomic E-state index is 12.4. The van der Waals surface area contributed by atoms with Gasteiger partial charge in [0.25, 0.3) is 5.91 Å². The standard InChI is InChI=1S/C18H17BrN2O3/c1-24-14-8-9-16(19)15(11-14)18(23)20-12-4-6-13(7-5-12)21-10-2-3-17(21)22/h4-9,11H,2-3,10H2,1H3,(H,20,23). The van der Waals surface area contributed by atoms with Crippen molar-refractivity contribution in [2.24, 2.45) is 0 Å². The SMILES string of the molecule is COc1ccc(Br)c(C(=O)Nc2ccc(N3CCCC3=O)cc2)c1. The number of rotatable bonds is 4. The van der Waals surface area contributed by atoms with Gasteiger partial charge in [-0.15, -0.1) is 0 Å². The molecule has 0 unspecified atom stereocenters. The Morgan fingerprint density at radius 1 is 1.21 bits per heavy atom. The lowest BCUT2D eigenvalue weighted by molar-refractivity contribution is -0.117. The van der Waals surface area contributed by atoms with E-state index >= 15 is 0 Å². The minimum absolute atomic E-state index is 0.145. The molecule has 1 saturated heterocycles. The third-order valence-electron chi connectivity index (χ3n) is 3.93. The smallest absolute Gasteiger partial charge is 0.256 e. The number of methoxy groups -OCH3 is 1. The van der Waals surface area contributed by atoms with Crippen molar-refractivity contribution >= 4 is 39.1 Å². The zero-order valence-corrected chi connectivity index (χ0v) is 14.8. The van der Waals surface area contributed by atoms with Gasteiger partial charge in [-0.2, -0.15) is 0 Å². The molecule has 1 N–H and O–H groups in total. The number of nitrogens with zero attached hydrogens (tertiary/aromatic N) is 1. The lowest BCUT2D eigenvalue weighted by Gasteiger charge is -2.16. The Morgan fingerprint density at radius 2 is 1.96 bits per heavy atom. The van der Waals surface area contributed by atoms with Gasteiger partial charge in [-0.1, -0.05) is 0 Å². The predicted molar refractivity (Wildman–Crippen MR) is 96.7 cm³/mol. The highest BCUT2D eigenvalue weighted by molar-refractivity contribution is 9.10. The molecule has 0 saturated carbocycles. The molecule has 2 aromatic carbocycles. The van der Waals surface area contributed by atoms with Crippen molar-refractivity contribution in [2.75, 3.05) is 23.9 Å². The van der Waals surface area contributed by atoms with Crippen molar-refractivity contribution in [2.45, 2.75) is 12.8 Å². The molecule has 0 aromatic heterocycles. The lowest BCUT2D eigenvalue weighted by atomic mass is 10.2. The van der Waals surface area contributed by atoms with Gasteiger partial charge in [0.05, 0.1) is 12.7 Å². The second kappa shape index (κ2) is 7.05. The molecule has 1 heterocycles. The van der Waals surface area contributed by atoms with Crippen LogP contribution < -0.4 is 15.0 Å². The Bertz CT molecular complexity index is 774. The van der Waals surface area contributed by atoms with Gasteiger partial charge in [-0.3, -0.25) is 9.59 Å². The number of hydrogen-bond donors (Lipinski definition) is 1. The molecule has 6 heteroatoms. The predicted octanol–water partition coefficient (Wildman–Crippen LogP) is 3.84. The van der Waals surface area contributed by atoms with Crippen molar-refractivity contribution in [3.05, 3.63) is 52.5 Å². The van der Waals surface area contributed by atoms with E-state index in [0.29, 0.717) is 27.9 Å². The highest BCUT2D eigenvalue weighted by Gasteiger charge is 2.21. The van der Waals surface area contributed by atoms with Crippen molar-refractivity contribution in [1.82, 2.24) is 0 Å². The fraction of sp³-hybridized carbons (Fsp3) is 0.222. The van der Waals surface area contributed by atoms with Gasteiger partial charge in [0.2, 0.25) is 5.91 Å². The summed E-state index contributed by atoms with van der Waals surface area (Å²) in [7, 11) is 1.56. The van der Waals surface area contributed by atoms with E-state index in [-0.39, 0.29) is 11.8 Å². The van der Waals surface area contributed by atoms with Crippen molar-refractivity contribution in [3.63, 3.8) is 0 Å². The van der Waals surface area contributed by atoms with Crippen LogP contribution in [0.15, 0.2) is 46.9 Å². The molecule has 1 aliphatic rings. The van der Waals surface area contributed by atoms with E-state index in [1.54, 1.807) is 42.3 Å². The van der Waals surface area contributed by atoms with E-state index in [0.717, 1.165) is 18.7 Å². The normalized spacial score (nSPS) is 13.9. The van der Waals surface area contributed by atoms with E-state index in [9.17, 15) is 9.59 Å². The third kappa shape index (κ3) is 3.43. The second-order valence-corrected chi connectivity index (χ2v) is 6.35. The maximum Gasteiger partial charge on any atom is 0.256 e. The van der Waals surface area contributed by atoms with Gasteiger partial charge in [0.1, 0.15) is 5.75 Å². The number of halogens is 1. The molecule has 0 bridgehead atoms. The first-order valence-electron chi connectivity index (χ1n) is 7.64. The minimum Gasteiger partial charge on any atom is -0.497 e. The largest absolute Gasteiger partial charge is 0.497 e. The Kier molecular flexibility index (Phi) is 4.85. The lowest BCUT2D eigenvalue weighted by Crippen LogP contribution is -2.23. The summed E-state index contributed by atoms with van der Waals surface area (Å²) in [5.74, 6) is 0.532. The Balaban J connectivity index is 1.74. The van der Waals surface area contributed by atoms with E-state index in [1.165, 1.54) is 0 Å². The molecular formula is C18H17BrN2O3. The zero-order valence-electron chi connectivity index (χ0n) is 13.2. The second-order valence-electron chi connectivity index (χ2n) is 5.50. The van der Waals surface area contributed by atoms with E-state index in [1.807, 2.05) is 12.1 Å². The fourth-order valence-electron chi connectivity index (χ4n) is 2.65. The molecular weight excluding hydrogens is 372 g/mol. The van der Waals surface area contributed by atoms with Crippen molar-refractivity contribution in [3.8, 4) is 5.75 Å². The number of amides is 2. The summed E-state index contributed by atoms with van der Waals surface area (Å²) in [5.41, 5.74) is 2.02. The molecule has 24 heavy (non-hydrogen) atoms. The fourth-order valence-corrected chi connectivity index (χ4v) is 3.08. The summed E-state index contributed by atoms with van der Waals surface area (Å²) in [6.45, 7) is 0.751. The first-order valence-corrected chi connectivity index (χ1v) is 8.43. The Morgan fingerprint density at radius 3 is 2.58 bits per heavy atom. The van der Waals surface area contributed by atoms with Crippen LogP contribution in [0.2, 0.25) is 0 Å². The molecule has 2 aromatic rings. The number of hydrogen-bond acceptors (Lipinski definition) is 3. The number of nitrogens with one attached hydrogen (secondary N) is 1. The van der Waals surface area contributed by atoms with Crippen LogP contribution in [-0.2, 0) is 4.79 Å². The summed E-state index contributed by atoms with van der Waals surface area (Å²) >= 11 is 3.38. The number of anilines is 2. The van der Waals surface area contributed by atoms with Crippen LogP contribution in [0.1, 0.15) is 23.2 Å². The van der Waals surface area contributed by atoms with Crippen LogP contribution in [0.3, 0.4) is 0 Å². The van der Waals surface area contributed by atoms with Gasteiger partial charge in [0.15, 0.2) is 0 Å². The number of carbonyl (C=O) groups excluding carboxylic acids is 2. The molecule has 5 nitrogen and oxygen atoms in total. The summed E-state index contributed by atoms with van der Waals surface area (Å²) in [6, 6.07) is 12.5. The van der Waals surface area contributed by atoms with Crippen LogP contribution >= 0.6 is 15.9 Å². The quantitative estimate of drug-likeness (QED) is 0.865. The topological polar surface area (TPSA) is 58.6 Å². The maximum atomic E-state index is 12.4. The number of benzene rings is 2. The Labute approximate surface area is 148 Å². The zero-order chi connectivity index (χ0) is 17.1. The molecule has 0 spiro atoms. The van der Waals surface area contributed by atoms with Gasteiger partial charge in [-0.25, -0.2) is 0 Å². The summed E-state index contributed by atoms with van der Waals surface area (Å²) in [4.78, 5) is 26.0. The number of carbonyl (C=O) groups is 2. The highest BCUT2D eigenvalue weighted by atomic mass is 79.9. The monoisotopic (exact) mass is 388 g/mol. The van der Waals surface area contributed by atoms with Gasteiger partial charge in [-0.05, 0) is 64.8 Å². The third-order valence-corrected chi connectivity index (χ3v) is 4.62. The summed E-state index contributed by atoms with van der Waals surface area (Å²) in [5, 5.41) is 2.85. The van der Waals surface area contributed by atoms with Crippen LogP contribution in [0.25, 0.3) is 0 Å². The van der Waals surface area contributed by atoms with E-state index in [4.69, 9.17) is 4.74 Å². The van der Waals surface area contributed by atoms with Gasteiger partial charge in [0, 0.05) is 28.8 Å². The molecule has 1 aliphatic heterocycles. The molecule has 124 valence electrons. The van der Waals surface area contributed by atoms with Crippen molar-refractivity contribution in [1.29, 1.82) is 0 Å². The van der Waals surface area contributed by atoms with E-state index < -0.39 is 0 Å². The molecule has 0 radical (unpaired) electrons. The molecule has 0 atom stereocenters. The van der Waals surface area contributed by atoms with Crippen LogP contribution in [0.5, 0.6) is 5.75 Å².